The topological polar surface area (TPSA) is 102 Å². The van der Waals surface area contributed by atoms with Crippen molar-refractivity contribution in [1.82, 2.24) is 20.2 Å². The molecule has 0 bridgehead atoms. The fourth-order valence-electron chi connectivity index (χ4n) is 2.51. The second kappa shape index (κ2) is 5.64. The number of hydrogen-bond acceptors (Lipinski definition) is 6. The second-order valence-corrected chi connectivity index (χ2v) is 5.32. The zero-order valence-corrected chi connectivity index (χ0v) is 14.0. The van der Waals surface area contributed by atoms with Crippen LogP contribution in [0.5, 0.6) is 0 Å². The number of aliphatic hydroxyl groups is 1. The van der Waals surface area contributed by atoms with Crippen molar-refractivity contribution >= 4 is 22.8 Å². The molecule has 1 aliphatic rings. The summed E-state index contributed by atoms with van der Waals surface area (Å²) in [4.78, 5) is 10.5. The van der Waals surface area contributed by atoms with Crippen LogP contribution in [0.1, 0.15) is 26.2 Å². The average molecular weight is 448 g/mol. The van der Waals surface area contributed by atoms with Gasteiger partial charge in [-0.2, -0.15) is 0 Å². The van der Waals surface area contributed by atoms with Gasteiger partial charge in [0, 0.05) is 45.1 Å². The molecule has 8 heteroatoms. The summed E-state index contributed by atoms with van der Waals surface area (Å²) < 4.78 is 0. The fraction of sp³-hybridized carbons (Fsp3) is 0.583. The van der Waals surface area contributed by atoms with Crippen molar-refractivity contribution in [2.75, 3.05) is 23.7 Å². The molecular formula is C12H17N6ORe-. The first-order valence-corrected chi connectivity index (χ1v) is 6.44. The van der Waals surface area contributed by atoms with Gasteiger partial charge in [-0.15, -0.1) is 0 Å². The molecule has 3 heterocycles. The summed E-state index contributed by atoms with van der Waals surface area (Å²) in [5, 5.41) is 18.7. The molecule has 2 aromatic heterocycles. The number of aromatic nitrogens is 4. The van der Waals surface area contributed by atoms with E-state index in [4.69, 9.17) is 5.73 Å². The van der Waals surface area contributed by atoms with Gasteiger partial charge in [-0.05, 0) is 31.8 Å². The molecule has 1 unspecified atom stereocenters. The van der Waals surface area contributed by atoms with Crippen molar-refractivity contribution in [2.24, 2.45) is 0 Å². The molecule has 109 valence electrons. The van der Waals surface area contributed by atoms with Gasteiger partial charge in [0.05, 0.1) is 5.60 Å². The van der Waals surface area contributed by atoms with E-state index in [9.17, 15) is 5.11 Å². The maximum atomic E-state index is 10.1. The number of rotatable bonds is 1. The standard InChI is InChI=1S/C12H17N6O.Re/c1-12(19)3-2-5-18(6-4-12)10-8-7-14-17-9(8)15-11(13)16-10;/h7,19H,2-6H2,1H3,(H2-,13,14,15,16,17);/q-1;. The molecule has 2 aromatic rings. The Morgan fingerprint density at radius 2 is 2.15 bits per heavy atom. The van der Waals surface area contributed by atoms with Crippen LogP contribution in [0.2, 0.25) is 0 Å². The van der Waals surface area contributed by atoms with Gasteiger partial charge in [0.2, 0.25) is 0 Å². The van der Waals surface area contributed by atoms with Crippen molar-refractivity contribution < 1.29 is 25.5 Å². The summed E-state index contributed by atoms with van der Waals surface area (Å²) in [6.45, 7) is 3.46. The monoisotopic (exact) mass is 448 g/mol. The van der Waals surface area contributed by atoms with E-state index in [1.807, 2.05) is 6.92 Å². The fourth-order valence-corrected chi connectivity index (χ4v) is 2.51. The quantitative estimate of drug-likeness (QED) is 0.648. The molecule has 1 aliphatic heterocycles. The zero-order valence-electron chi connectivity index (χ0n) is 11.3. The predicted octanol–water partition coefficient (Wildman–Crippen LogP) is 0.303. The molecule has 1 radical (unpaired) electrons. The minimum absolute atomic E-state index is 0. The summed E-state index contributed by atoms with van der Waals surface area (Å²) in [5.74, 6) is 0.976. The summed E-state index contributed by atoms with van der Waals surface area (Å²) >= 11 is 0. The molecule has 3 N–H and O–H groups in total. The van der Waals surface area contributed by atoms with Gasteiger partial charge in [0.1, 0.15) is 11.8 Å². The van der Waals surface area contributed by atoms with Crippen LogP contribution in [-0.4, -0.2) is 38.9 Å². The van der Waals surface area contributed by atoms with E-state index in [2.05, 4.69) is 25.1 Å². The molecule has 0 aromatic carbocycles. The SMILES string of the molecule is CC1(O)CCCN(c2nc(N)nc3[n-]ncc23)CC1.[Re]. The van der Waals surface area contributed by atoms with Crippen LogP contribution in [0, 0.1) is 0 Å². The Morgan fingerprint density at radius 1 is 1.35 bits per heavy atom. The van der Waals surface area contributed by atoms with Crippen LogP contribution < -0.4 is 15.7 Å². The Bertz CT molecular complexity index is 599. The number of nitrogens with two attached hydrogens (primary N) is 1. The normalized spacial score (nSPS) is 23.4. The molecule has 0 aliphatic carbocycles. The molecule has 7 nitrogen and oxygen atoms in total. The number of hydrogen-bond donors (Lipinski definition) is 2. The molecular weight excluding hydrogens is 430 g/mol. The van der Waals surface area contributed by atoms with Gasteiger partial charge >= 0.3 is 0 Å². The van der Waals surface area contributed by atoms with Crippen LogP contribution in [0.25, 0.3) is 11.0 Å². The first-order chi connectivity index (χ1) is 9.05. The van der Waals surface area contributed by atoms with Crippen molar-refractivity contribution in [1.29, 1.82) is 0 Å². The van der Waals surface area contributed by atoms with Crippen molar-refractivity contribution in [2.45, 2.75) is 31.8 Å². The molecule has 1 fully saturated rings. The van der Waals surface area contributed by atoms with Crippen molar-refractivity contribution in [3.63, 3.8) is 0 Å². The summed E-state index contributed by atoms with van der Waals surface area (Å²) in [6.07, 6.45) is 4.08. The molecule has 20 heavy (non-hydrogen) atoms. The third-order valence-electron chi connectivity index (χ3n) is 3.63. The number of nitrogens with zero attached hydrogens (tertiary/aromatic N) is 5. The first-order valence-electron chi connectivity index (χ1n) is 6.44. The predicted molar refractivity (Wildman–Crippen MR) is 71.8 cm³/mol. The van der Waals surface area contributed by atoms with Gasteiger partial charge in [-0.3, -0.25) is 5.10 Å². The minimum Gasteiger partial charge on any atom is -0.403 e. The van der Waals surface area contributed by atoms with Crippen molar-refractivity contribution in [3.05, 3.63) is 6.20 Å². The third-order valence-corrected chi connectivity index (χ3v) is 3.63. The van der Waals surface area contributed by atoms with Crippen LogP contribution in [0.3, 0.4) is 0 Å². The van der Waals surface area contributed by atoms with E-state index in [0.717, 1.165) is 37.1 Å². The van der Waals surface area contributed by atoms with E-state index in [1.54, 1.807) is 6.20 Å². The molecule has 0 saturated carbocycles. The van der Waals surface area contributed by atoms with Gasteiger partial charge in [-0.25, -0.2) is 4.98 Å². The van der Waals surface area contributed by atoms with Crippen molar-refractivity contribution in [3.8, 4) is 0 Å². The maximum Gasteiger partial charge on any atom is 0.139 e. The zero-order chi connectivity index (χ0) is 13.5. The second-order valence-electron chi connectivity index (χ2n) is 5.32. The summed E-state index contributed by atoms with van der Waals surface area (Å²) in [7, 11) is 0. The third kappa shape index (κ3) is 2.92. The molecule has 1 atom stereocenters. The van der Waals surface area contributed by atoms with Crippen LogP contribution in [0.15, 0.2) is 6.20 Å². The Balaban J connectivity index is 0.00000147. The van der Waals surface area contributed by atoms with Gasteiger partial charge < -0.3 is 25.8 Å². The van der Waals surface area contributed by atoms with Crippen LogP contribution in [-0.2, 0) is 20.4 Å². The van der Waals surface area contributed by atoms with Crippen LogP contribution in [0.4, 0.5) is 11.8 Å². The summed E-state index contributed by atoms with van der Waals surface area (Å²) in [6, 6.07) is 0. The average Bonchev–Trinajstić information content (AvgIpc) is 2.72. The number of anilines is 2. The van der Waals surface area contributed by atoms with Gasteiger partial charge in [0.25, 0.3) is 0 Å². The van der Waals surface area contributed by atoms with E-state index >= 15 is 0 Å². The van der Waals surface area contributed by atoms with Gasteiger partial charge in [-0.1, -0.05) is 0 Å². The molecule has 0 amide bonds. The molecule has 0 spiro atoms. The number of nitrogen functional groups attached to an aromatic ring is 1. The van der Waals surface area contributed by atoms with Gasteiger partial charge in [0.15, 0.2) is 0 Å². The van der Waals surface area contributed by atoms with E-state index in [1.165, 1.54) is 0 Å². The summed E-state index contributed by atoms with van der Waals surface area (Å²) in [5.41, 5.74) is 5.64. The Morgan fingerprint density at radius 3 is 2.95 bits per heavy atom. The molecule has 3 rings (SSSR count). The van der Waals surface area contributed by atoms with Crippen LogP contribution >= 0.6 is 0 Å². The maximum absolute atomic E-state index is 10.1. The molecule has 1 saturated heterocycles. The van der Waals surface area contributed by atoms with E-state index in [0.29, 0.717) is 12.1 Å². The Labute approximate surface area is 130 Å². The largest absolute Gasteiger partial charge is 0.403 e. The smallest absolute Gasteiger partial charge is 0.139 e. The number of fused-ring (bicyclic) bond motifs is 1. The first kappa shape index (κ1) is 15.2. The Hall–Kier alpha value is -1.23. The minimum atomic E-state index is -0.602. The Kier molecular flexibility index (Phi) is 4.28. The van der Waals surface area contributed by atoms with E-state index in [-0.39, 0.29) is 26.4 Å². The van der Waals surface area contributed by atoms with E-state index < -0.39 is 5.60 Å².